The number of hydrogen-bond donors (Lipinski definition) is 1. The number of benzene rings is 1. The number of nitrogen functional groups attached to an aromatic ring is 1. The second-order valence-electron chi connectivity index (χ2n) is 4.91. The van der Waals surface area contributed by atoms with Crippen molar-refractivity contribution < 1.29 is 4.21 Å². The van der Waals surface area contributed by atoms with Gasteiger partial charge < -0.3 is 5.73 Å². The molecule has 2 aromatic rings. The number of aromatic nitrogens is 2. The number of anilines is 1. The van der Waals surface area contributed by atoms with Crippen LogP contribution in [-0.4, -0.2) is 14.0 Å². The van der Waals surface area contributed by atoms with Gasteiger partial charge in [-0.2, -0.15) is 5.10 Å². The summed E-state index contributed by atoms with van der Waals surface area (Å²) in [6, 6.07) is 7.82. The van der Waals surface area contributed by atoms with Gasteiger partial charge in [-0.3, -0.25) is 8.89 Å². The van der Waals surface area contributed by atoms with Crippen molar-refractivity contribution in [3.63, 3.8) is 0 Å². The maximum atomic E-state index is 12.3. The fraction of sp³-hybridized carbons (Fsp3) is 0.357. The van der Waals surface area contributed by atoms with Crippen LogP contribution in [0, 0.1) is 6.92 Å². The van der Waals surface area contributed by atoms with Crippen molar-refractivity contribution in [3.8, 4) is 0 Å². The van der Waals surface area contributed by atoms with Crippen LogP contribution in [0.4, 0.5) is 5.69 Å². The van der Waals surface area contributed by atoms with Crippen LogP contribution in [0.15, 0.2) is 35.4 Å². The van der Waals surface area contributed by atoms with Crippen molar-refractivity contribution in [2.45, 2.75) is 37.5 Å². The third-order valence-electron chi connectivity index (χ3n) is 2.89. The van der Waals surface area contributed by atoms with Crippen LogP contribution in [0.5, 0.6) is 0 Å². The molecule has 0 saturated carbocycles. The Morgan fingerprint density at radius 2 is 2.11 bits per heavy atom. The first-order chi connectivity index (χ1) is 8.97. The summed E-state index contributed by atoms with van der Waals surface area (Å²) in [5.41, 5.74) is 8.34. The first-order valence-electron chi connectivity index (χ1n) is 6.26. The quantitative estimate of drug-likeness (QED) is 0.874. The molecular formula is C14H19N3OS. The van der Waals surface area contributed by atoms with Crippen LogP contribution in [0.25, 0.3) is 0 Å². The summed E-state index contributed by atoms with van der Waals surface area (Å²) in [7, 11) is -1.16. The molecule has 0 fully saturated rings. The van der Waals surface area contributed by atoms with E-state index in [2.05, 4.69) is 18.9 Å². The van der Waals surface area contributed by atoms with E-state index in [1.165, 1.54) is 0 Å². The van der Waals surface area contributed by atoms with Crippen LogP contribution in [0.1, 0.15) is 31.1 Å². The van der Waals surface area contributed by atoms with Gasteiger partial charge in [-0.05, 0) is 44.5 Å². The second kappa shape index (κ2) is 5.57. The largest absolute Gasteiger partial charge is 0.398 e. The Labute approximate surface area is 116 Å². The molecule has 0 aliphatic carbocycles. The van der Waals surface area contributed by atoms with Gasteiger partial charge in [0.1, 0.15) is 0 Å². The van der Waals surface area contributed by atoms with Crippen LogP contribution >= 0.6 is 0 Å². The summed E-state index contributed by atoms with van der Waals surface area (Å²) in [5, 5.41) is 4.41. The number of rotatable bonds is 4. The molecule has 4 nitrogen and oxygen atoms in total. The molecule has 1 atom stereocenters. The zero-order valence-electron chi connectivity index (χ0n) is 11.5. The number of aryl methyl sites for hydroxylation is 1. The van der Waals surface area contributed by atoms with Crippen molar-refractivity contribution in [2.24, 2.45) is 0 Å². The third kappa shape index (κ3) is 3.23. The maximum absolute atomic E-state index is 12.3. The fourth-order valence-electron chi connectivity index (χ4n) is 1.79. The maximum Gasteiger partial charge on any atom is 0.0753 e. The highest BCUT2D eigenvalue weighted by molar-refractivity contribution is 7.84. The van der Waals surface area contributed by atoms with E-state index in [1.54, 1.807) is 6.07 Å². The van der Waals surface area contributed by atoms with Crippen molar-refractivity contribution in [3.05, 3.63) is 41.7 Å². The Morgan fingerprint density at radius 1 is 1.37 bits per heavy atom. The van der Waals surface area contributed by atoms with Crippen LogP contribution in [0.3, 0.4) is 0 Å². The van der Waals surface area contributed by atoms with Gasteiger partial charge in [0.2, 0.25) is 0 Å². The summed E-state index contributed by atoms with van der Waals surface area (Å²) in [4.78, 5) is 0.694. The van der Waals surface area contributed by atoms with Crippen molar-refractivity contribution >= 4 is 16.5 Å². The SMILES string of the molecule is Cc1ccc(N)c(S(=O)Cc2ccn(C(C)C)n2)c1. The molecule has 1 aromatic carbocycles. The summed E-state index contributed by atoms with van der Waals surface area (Å²) in [6.45, 7) is 6.09. The van der Waals surface area contributed by atoms with Gasteiger partial charge in [0.05, 0.1) is 27.1 Å². The van der Waals surface area contributed by atoms with Gasteiger partial charge in [0.25, 0.3) is 0 Å². The lowest BCUT2D eigenvalue weighted by Gasteiger charge is -2.06. The topological polar surface area (TPSA) is 60.9 Å². The lowest BCUT2D eigenvalue weighted by molar-refractivity contribution is 0.528. The Bertz CT molecular complexity index is 604. The van der Waals surface area contributed by atoms with Crippen LogP contribution in [-0.2, 0) is 16.6 Å². The first-order valence-corrected chi connectivity index (χ1v) is 7.58. The molecule has 19 heavy (non-hydrogen) atoms. The normalized spacial score (nSPS) is 12.8. The molecule has 1 aromatic heterocycles. The average molecular weight is 277 g/mol. The molecule has 5 heteroatoms. The minimum absolute atomic E-state index is 0.311. The minimum Gasteiger partial charge on any atom is -0.398 e. The summed E-state index contributed by atoms with van der Waals surface area (Å²) in [5.74, 6) is 0.396. The van der Waals surface area contributed by atoms with Crippen LogP contribution in [0.2, 0.25) is 0 Å². The molecule has 0 aliphatic rings. The first kappa shape index (κ1) is 13.8. The molecule has 1 unspecified atom stereocenters. The average Bonchev–Trinajstić information content (AvgIpc) is 2.80. The van der Waals surface area contributed by atoms with Crippen molar-refractivity contribution in [2.75, 3.05) is 5.73 Å². The molecule has 0 amide bonds. The van der Waals surface area contributed by atoms with Crippen molar-refractivity contribution in [1.82, 2.24) is 9.78 Å². The molecule has 0 spiro atoms. The van der Waals surface area contributed by atoms with E-state index in [9.17, 15) is 4.21 Å². The summed E-state index contributed by atoms with van der Waals surface area (Å²) >= 11 is 0. The Kier molecular flexibility index (Phi) is 4.04. The van der Waals surface area contributed by atoms with Gasteiger partial charge in [0.15, 0.2) is 0 Å². The molecule has 1 heterocycles. The predicted molar refractivity (Wildman–Crippen MR) is 78.3 cm³/mol. The van der Waals surface area contributed by atoms with E-state index in [4.69, 9.17) is 5.73 Å². The van der Waals surface area contributed by atoms with Gasteiger partial charge in [-0.1, -0.05) is 6.07 Å². The summed E-state index contributed by atoms with van der Waals surface area (Å²) in [6.07, 6.45) is 1.91. The lowest BCUT2D eigenvalue weighted by atomic mass is 10.2. The van der Waals surface area contributed by atoms with E-state index in [1.807, 2.05) is 36.0 Å². The highest BCUT2D eigenvalue weighted by atomic mass is 32.2. The molecule has 0 radical (unpaired) electrons. The molecular weight excluding hydrogens is 258 g/mol. The van der Waals surface area contributed by atoms with Gasteiger partial charge in [0, 0.05) is 17.9 Å². The lowest BCUT2D eigenvalue weighted by Crippen LogP contribution is -2.04. The van der Waals surface area contributed by atoms with E-state index in [-0.39, 0.29) is 0 Å². The number of nitrogens with two attached hydrogens (primary N) is 1. The molecule has 0 bridgehead atoms. The Morgan fingerprint density at radius 3 is 2.74 bits per heavy atom. The van der Waals surface area contributed by atoms with Gasteiger partial charge >= 0.3 is 0 Å². The Hall–Kier alpha value is -1.62. The summed E-state index contributed by atoms with van der Waals surface area (Å²) < 4.78 is 14.2. The van der Waals surface area contributed by atoms with Gasteiger partial charge in [-0.15, -0.1) is 0 Å². The molecule has 0 saturated heterocycles. The number of nitrogens with zero attached hydrogens (tertiary/aromatic N) is 2. The van der Waals surface area contributed by atoms with E-state index in [0.717, 1.165) is 11.3 Å². The third-order valence-corrected chi connectivity index (χ3v) is 4.29. The standard InChI is InChI=1S/C14H19N3OS/c1-10(2)17-7-6-12(16-17)9-19(18)14-8-11(3)4-5-13(14)15/h4-8,10H,9,15H2,1-3H3. The predicted octanol–water partition coefficient (Wildman–Crippen LogP) is 2.66. The molecule has 2 N–H and O–H groups in total. The zero-order chi connectivity index (χ0) is 14.0. The van der Waals surface area contributed by atoms with E-state index in [0.29, 0.717) is 22.4 Å². The van der Waals surface area contributed by atoms with Gasteiger partial charge in [-0.25, -0.2) is 0 Å². The zero-order valence-corrected chi connectivity index (χ0v) is 12.3. The van der Waals surface area contributed by atoms with E-state index >= 15 is 0 Å². The molecule has 0 aliphatic heterocycles. The van der Waals surface area contributed by atoms with Crippen molar-refractivity contribution in [1.29, 1.82) is 0 Å². The fourth-order valence-corrected chi connectivity index (χ4v) is 3.02. The Balaban J connectivity index is 2.18. The van der Waals surface area contributed by atoms with E-state index < -0.39 is 10.8 Å². The number of hydrogen-bond acceptors (Lipinski definition) is 3. The minimum atomic E-state index is -1.16. The highest BCUT2D eigenvalue weighted by Gasteiger charge is 2.11. The second-order valence-corrected chi connectivity index (χ2v) is 6.33. The smallest absolute Gasteiger partial charge is 0.0753 e. The monoisotopic (exact) mass is 277 g/mol. The van der Waals surface area contributed by atoms with Crippen LogP contribution < -0.4 is 5.73 Å². The highest BCUT2D eigenvalue weighted by Crippen LogP contribution is 2.20. The molecule has 102 valence electrons. The molecule has 2 rings (SSSR count).